The average molecular weight is 441 g/mol. The highest BCUT2D eigenvalue weighted by atomic mass is 32.2. The highest BCUT2D eigenvalue weighted by Gasteiger charge is 2.34. The van der Waals surface area contributed by atoms with E-state index in [0.717, 1.165) is 35.3 Å². The Balaban J connectivity index is 1.43. The van der Waals surface area contributed by atoms with E-state index in [1.807, 2.05) is 35.9 Å². The third-order valence-electron chi connectivity index (χ3n) is 5.31. The molecule has 2 heterocycles. The molecule has 1 aliphatic rings. The van der Waals surface area contributed by atoms with Crippen LogP contribution in [0.4, 0.5) is 10.1 Å². The van der Waals surface area contributed by atoms with E-state index in [9.17, 15) is 14.3 Å². The lowest BCUT2D eigenvalue weighted by molar-refractivity contribution is -0.115. The van der Waals surface area contributed by atoms with Gasteiger partial charge in [-0.1, -0.05) is 24.3 Å². The average Bonchev–Trinajstić information content (AvgIpc) is 3.41. The van der Waals surface area contributed by atoms with E-state index in [1.54, 1.807) is 29.6 Å². The van der Waals surface area contributed by atoms with Crippen molar-refractivity contribution in [3.63, 3.8) is 0 Å². The standard InChI is InChI=1S/C23H25FN4O2S/c1-16-13-18(22(30)26-9-2-11-27-12-10-25-15-27)5-8-20(16)28-21(29)14-31-23(28)17-3-6-19(24)7-4-17/h3-8,10,12-13,15,22-23,26,30H,2,9,11,14H2,1H3. The number of aryl methyl sites for hydroxylation is 2. The highest BCUT2D eigenvalue weighted by Crippen LogP contribution is 2.43. The molecule has 0 bridgehead atoms. The molecular weight excluding hydrogens is 415 g/mol. The molecule has 4 rings (SSSR count). The van der Waals surface area contributed by atoms with Gasteiger partial charge in [0.2, 0.25) is 5.91 Å². The molecule has 0 spiro atoms. The monoisotopic (exact) mass is 440 g/mol. The van der Waals surface area contributed by atoms with Crippen LogP contribution in [0.25, 0.3) is 0 Å². The number of anilines is 1. The Labute approximate surface area is 185 Å². The Morgan fingerprint density at radius 2 is 2.10 bits per heavy atom. The minimum Gasteiger partial charge on any atom is -0.374 e. The summed E-state index contributed by atoms with van der Waals surface area (Å²) in [5.41, 5.74) is 3.35. The Morgan fingerprint density at radius 3 is 2.81 bits per heavy atom. The lowest BCUT2D eigenvalue weighted by Gasteiger charge is -2.26. The van der Waals surface area contributed by atoms with Gasteiger partial charge >= 0.3 is 0 Å². The van der Waals surface area contributed by atoms with Gasteiger partial charge in [-0.25, -0.2) is 9.37 Å². The van der Waals surface area contributed by atoms with Gasteiger partial charge in [-0.15, -0.1) is 11.8 Å². The molecule has 0 aliphatic carbocycles. The molecule has 1 fully saturated rings. The first-order valence-electron chi connectivity index (χ1n) is 10.2. The van der Waals surface area contributed by atoms with Gasteiger partial charge in [0.25, 0.3) is 0 Å². The summed E-state index contributed by atoms with van der Waals surface area (Å²) in [6.45, 7) is 3.42. The molecule has 2 atom stereocenters. The predicted molar refractivity (Wildman–Crippen MR) is 120 cm³/mol. The zero-order chi connectivity index (χ0) is 21.8. The number of thioether (sulfide) groups is 1. The fraction of sp³-hybridized carbons (Fsp3) is 0.304. The Morgan fingerprint density at radius 1 is 1.29 bits per heavy atom. The lowest BCUT2D eigenvalue weighted by Crippen LogP contribution is -2.29. The molecule has 0 saturated carbocycles. The molecule has 0 radical (unpaired) electrons. The number of hydrogen-bond donors (Lipinski definition) is 2. The molecule has 2 N–H and O–H groups in total. The highest BCUT2D eigenvalue weighted by molar-refractivity contribution is 8.00. The van der Waals surface area contributed by atoms with Crippen LogP contribution in [-0.4, -0.2) is 32.9 Å². The normalized spacial score (nSPS) is 17.3. The van der Waals surface area contributed by atoms with Crippen LogP contribution in [-0.2, 0) is 11.3 Å². The SMILES string of the molecule is Cc1cc(C(O)NCCCn2ccnc2)ccc1N1C(=O)CSC1c1ccc(F)cc1. The molecule has 6 nitrogen and oxygen atoms in total. The topological polar surface area (TPSA) is 70.4 Å². The molecule has 1 amide bonds. The first kappa shape index (κ1) is 21.5. The second kappa shape index (κ2) is 9.64. The van der Waals surface area contributed by atoms with Crippen LogP contribution < -0.4 is 10.2 Å². The molecule has 31 heavy (non-hydrogen) atoms. The third-order valence-corrected chi connectivity index (χ3v) is 6.52. The summed E-state index contributed by atoms with van der Waals surface area (Å²) in [5.74, 6) is 0.106. The number of imidazole rings is 1. The van der Waals surface area contributed by atoms with Gasteiger partial charge in [-0.05, 0) is 54.8 Å². The van der Waals surface area contributed by atoms with Crippen LogP contribution >= 0.6 is 11.8 Å². The number of aromatic nitrogens is 2. The quantitative estimate of drug-likeness (QED) is 0.412. The van der Waals surface area contributed by atoms with Crippen molar-refractivity contribution in [2.75, 3.05) is 17.2 Å². The Kier molecular flexibility index (Phi) is 6.70. The number of nitrogens with zero attached hydrogens (tertiary/aromatic N) is 3. The number of carbonyl (C=O) groups is 1. The first-order valence-corrected chi connectivity index (χ1v) is 11.2. The van der Waals surface area contributed by atoms with Crippen molar-refractivity contribution in [3.8, 4) is 0 Å². The molecule has 1 aromatic heterocycles. The smallest absolute Gasteiger partial charge is 0.238 e. The summed E-state index contributed by atoms with van der Waals surface area (Å²) >= 11 is 1.53. The van der Waals surface area contributed by atoms with Crippen molar-refractivity contribution < 1.29 is 14.3 Å². The Bertz CT molecular complexity index is 1030. The maximum Gasteiger partial charge on any atom is 0.238 e. The first-order chi connectivity index (χ1) is 15.0. The van der Waals surface area contributed by atoms with Crippen LogP contribution in [0.15, 0.2) is 61.2 Å². The number of rotatable bonds is 8. The van der Waals surface area contributed by atoms with E-state index in [4.69, 9.17) is 0 Å². The van der Waals surface area contributed by atoms with E-state index in [2.05, 4.69) is 10.3 Å². The van der Waals surface area contributed by atoms with Crippen LogP contribution in [0.5, 0.6) is 0 Å². The van der Waals surface area contributed by atoms with Gasteiger partial charge in [-0.2, -0.15) is 0 Å². The molecule has 2 aromatic carbocycles. The minimum atomic E-state index is -0.785. The van der Waals surface area contributed by atoms with Gasteiger partial charge in [0, 0.05) is 24.6 Å². The van der Waals surface area contributed by atoms with E-state index in [1.165, 1.54) is 23.9 Å². The van der Waals surface area contributed by atoms with Crippen molar-refractivity contribution in [3.05, 3.63) is 83.7 Å². The molecule has 2 unspecified atom stereocenters. The molecule has 8 heteroatoms. The van der Waals surface area contributed by atoms with Gasteiger partial charge in [0.15, 0.2) is 0 Å². The fourth-order valence-corrected chi connectivity index (χ4v) is 4.88. The minimum absolute atomic E-state index is 0.0216. The van der Waals surface area contributed by atoms with E-state index >= 15 is 0 Å². The van der Waals surface area contributed by atoms with Gasteiger partial charge < -0.3 is 9.67 Å². The predicted octanol–water partition coefficient (Wildman–Crippen LogP) is 3.78. The number of carbonyl (C=O) groups excluding carboxylic acids is 1. The number of hydrogen-bond acceptors (Lipinski definition) is 5. The number of halogens is 1. The van der Waals surface area contributed by atoms with E-state index < -0.39 is 6.23 Å². The molecule has 162 valence electrons. The molecule has 3 aromatic rings. The number of nitrogens with one attached hydrogen (secondary N) is 1. The number of aliphatic hydroxyl groups excluding tert-OH is 1. The lowest BCUT2D eigenvalue weighted by atomic mass is 10.1. The zero-order valence-corrected chi connectivity index (χ0v) is 18.1. The van der Waals surface area contributed by atoms with Crippen molar-refractivity contribution in [2.45, 2.75) is 31.5 Å². The third kappa shape index (κ3) is 4.98. The summed E-state index contributed by atoms with van der Waals surface area (Å²) in [6.07, 6.45) is 5.51. The van der Waals surface area contributed by atoms with Crippen LogP contribution in [0.3, 0.4) is 0 Å². The molecule has 1 aliphatic heterocycles. The second-order valence-electron chi connectivity index (χ2n) is 7.54. The zero-order valence-electron chi connectivity index (χ0n) is 17.2. The van der Waals surface area contributed by atoms with Gasteiger partial charge in [0.05, 0.1) is 12.1 Å². The largest absolute Gasteiger partial charge is 0.374 e. The van der Waals surface area contributed by atoms with Crippen LogP contribution in [0.1, 0.15) is 34.7 Å². The maximum absolute atomic E-state index is 13.3. The van der Waals surface area contributed by atoms with Crippen LogP contribution in [0.2, 0.25) is 0 Å². The molecule has 1 saturated heterocycles. The second-order valence-corrected chi connectivity index (χ2v) is 8.60. The van der Waals surface area contributed by atoms with Crippen LogP contribution in [0, 0.1) is 12.7 Å². The fourth-order valence-electron chi connectivity index (χ4n) is 3.71. The molecular formula is C23H25FN4O2S. The summed E-state index contributed by atoms with van der Waals surface area (Å²) in [4.78, 5) is 18.4. The van der Waals surface area contributed by atoms with E-state index in [-0.39, 0.29) is 17.1 Å². The summed E-state index contributed by atoms with van der Waals surface area (Å²) in [6, 6.07) is 11.9. The number of amides is 1. The summed E-state index contributed by atoms with van der Waals surface area (Å²) < 4.78 is 15.3. The number of aliphatic hydroxyl groups is 1. The van der Waals surface area contributed by atoms with Gasteiger partial charge in [-0.3, -0.25) is 15.0 Å². The van der Waals surface area contributed by atoms with Crippen molar-refractivity contribution in [2.24, 2.45) is 0 Å². The summed E-state index contributed by atoms with van der Waals surface area (Å²) in [7, 11) is 0. The Hall–Kier alpha value is -2.68. The van der Waals surface area contributed by atoms with Crippen molar-refractivity contribution in [1.82, 2.24) is 14.9 Å². The number of benzene rings is 2. The summed E-state index contributed by atoms with van der Waals surface area (Å²) in [5, 5.41) is 13.5. The van der Waals surface area contributed by atoms with Crippen molar-refractivity contribution >= 4 is 23.4 Å². The van der Waals surface area contributed by atoms with E-state index in [0.29, 0.717) is 12.3 Å². The maximum atomic E-state index is 13.3. The van der Waals surface area contributed by atoms with Gasteiger partial charge in [0.1, 0.15) is 17.4 Å². The van der Waals surface area contributed by atoms with Crippen molar-refractivity contribution in [1.29, 1.82) is 0 Å².